The van der Waals surface area contributed by atoms with Crippen LogP contribution in [0.5, 0.6) is 5.75 Å². The summed E-state index contributed by atoms with van der Waals surface area (Å²) >= 11 is 6.60. The van der Waals surface area contributed by atoms with Crippen LogP contribution in [0.3, 0.4) is 0 Å². The molecule has 0 radical (unpaired) electrons. The van der Waals surface area contributed by atoms with Crippen molar-refractivity contribution >= 4 is 48.6 Å². The number of carbonyl (C=O) groups is 1. The maximum absolute atomic E-state index is 13.3. The molecule has 0 saturated carbocycles. The molecule has 26 heavy (non-hydrogen) atoms. The Balaban J connectivity index is 2.18. The molecule has 0 bridgehead atoms. The van der Waals surface area contributed by atoms with E-state index in [1.165, 1.54) is 0 Å². The van der Waals surface area contributed by atoms with Crippen LogP contribution < -0.4 is 0 Å². The number of hydrogen-bond acceptors (Lipinski definition) is 3. The minimum absolute atomic E-state index is 0.0268. The highest BCUT2D eigenvalue weighted by molar-refractivity contribution is 9.11. The first-order chi connectivity index (χ1) is 12.2. The Hall–Kier alpha value is -1.59. The molecule has 0 spiro atoms. The van der Waals surface area contributed by atoms with Crippen molar-refractivity contribution in [2.24, 2.45) is 5.41 Å². The zero-order valence-corrected chi connectivity index (χ0v) is 18.1. The number of benzene rings is 2. The van der Waals surface area contributed by atoms with Gasteiger partial charge in [-0.15, -0.1) is 0 Å². The lowest BCUT2D eigenvalue weighted by molar-refractivity contribution is 0.103. The van der Waals surface area contributed by atoms with Gasteiger partial charge in [-0.3, -0.25) is 4.79 Å². The molecule has 1 heterocycles. The van der Waals surface area contributed by atoms with E-state index < -0.39 is 0 Å². The molecule has 2 aromatic carbocycles. The van der Waals surface area contributed by atoms with Crippen molar-refractivity contribution in [2.75, 3.05) is 0 Å². The second-order valence-corrected chi connectivity index (χ2v) is 8.92. The van der Waals surface area contributed by atoms with Crippen molar-refractivity contribution in [3.63, 3.8) is 0 Å². The van der Waals surface area contributed by atoms with Gasteiger partial charge in [-0.1, -0.05) is 45.4 Å². The van der Waals surface area contributed by atoms with E-state index in [0.29, 0.717) is 32.3 Å². The number of carbonyl (C=O) groups excluding carboxylic acids is 1. The summed E-state index contributed by atoms with van der Waals surface area (Å²) in [7, 11) is 0. The molecule has 0 saturated heterocycles. The smallest absolute Gasteiger partial charge is 0.197 e. The number of para-hydroxylation sites is 1. The fourth-order valence-corrected chi connectivity index (χ4v) is 4.06. The average molecular weight is 480 g/mol. The molecule has 3 aromatic rings. The van der Waals surface area contributed by atoms with Gasteiger partial charge in [-0.05, 0) is 55.5 Å². The summed E-state index contributed by atoms with van der Waals surface area (Å²) in [6, 6.07) is 10.9. The lowest BCUT2D eigenvalue weighted by Crippen LogP contribution is -2.15. The van der Waals surface area contributed by atoms with E-state index in [0.717, 1.165) is 17.4 Å². The van der Waals surface area contributed by atoms with Gasteiger partial charge in [-0.2, -0.15) is 0 Å². The van der Waals surface area contributed by atoms with Crippen molar-refractivity contribution in [3.05, 3.63) is 62.2 Å². The molecular weight excluding hydrogens is 460 g/mol. The number of fused-ring (bicyclic) bond motifs is 1. The SMILES string of the molecule is CCC(C)(C)Cc1oc2ccccc2c1C(=O)c1cc(Br)c(O)c(Br)c1. The molecule has 3 rings (SSSR count). The number of hydrogen-bond donors (Lipinski definition) is 1. The van der Waals surface area contributed by atoms with Gasteiger partial charge in [0.15, 0.2) is 5.78 Å². The first-order valence-corrected chi connectivity index (χ1v) is 10.0. The van der Waals surface area contributed by atoms with Gasteiger partial charge in [0.25, 0.3) is 0 Å². The van der Waals surface area contributed by atoms with Crippen molar-refractivity contribution in [3.8, 4) is 5.75 Å². The second kappa shape index (κ2) is 7.20. The quantitative estimate of drug-likeness (QED) is 0.406. The largest absolute Gasteiger partial charge is 0.506 e. The first kappa shape index (κ1) is 19.2. The molecular formula is C21H20Br2O3. The molecule has 0 atom stereocenters. The summed E-state index contributed by atoms with van der Waals surface area (Å²) in [6.07, 6.45) is 1.66. The van der Waals surface area contributed by atoms with Crippen LogP contribution in [-0.2, 0) is 6.42 Å². The molecule has 0 aliphatic heterocycles. The number of ketones is 1. The monoisotopic (exact) mass is 478 g/mol. The first-order valence-electron chi connectivity index (χ1n) is 8.46. The van der Waals surface area contributed by atoms with Crippen LogP contribution in [0, 0.1) is 5.41 Å². The Labute approximate surface area is 169 Å². The van der Waals surface area contributed by atoms with Crippen LogP contribution in [0.4, 0.5) is 0 Å². The molecule has 0 aliphatic carbocycles. The highest BCUT2D eigenvalue weighted by Crippen LogP contribution is 2.37. The molecule has 0 aliphatic rings. The molecule has 0 unspecified atom stereocenters. The van der Waals surface area contributed by atoms with Crippen LogP contribution in [0.1, 0.15) is 48.9 Å². The van der Waals surface area contributed by atoms with Crippen LogP contribution in [0.25, 0.3) is 11.0 Å². The maximum atomic E-state index is 13.3. The third kappa shape index (κ3) is 3.60. The van der Waals surface area contributed by atoms with Crippen molar-refractivity contribution in [1.82, 2.24) is 0 Å². The van der Waals surface area contributed by atoms with Crippen LogP contribution >= 0.6 is 31.9 Å². The normalized spacial score (nSPS) is 11.9. The lowest BCUT2D eigenvalue weighted by Gasteiger charge is -2.21. The number of phenolic OH excluding ortho intramolecular Hbond substituents is 1. The molecule has 0 fully saturated rings. The number of phenols is 1. The van der Waals surface area contributed by atoms with E-state index in [4.69, 9.17) is 4.42 Å². The summed E-state index contributed by atoms with van der Waals surface area (Å²) in [5.74, 6) is 0.674. The van der Waals surface area contributed by atoms with E-state index >= 15 is 0 Å². The topological polar surface area (TPSA) is 50.4 Å². The summed E-state index contributed by atoms with van der Waals surface area (Å²) in [4.78, 5) is 13.3. The Morgan fingerprint density at radius 2 is 1.77 bits per heavy atom. The van der Waals surface area contributed by atoms with Gasteiger partial charge < -0.3 is 9.52 Å². The summed E-state index contributed by atoms with van der Waals surface area (Å²) < 4.78 is 7.01. The van der Waals surface area contributed by atoms with Crippen LogP contribution in [0.15, 0.2) is 49.8 Å². The Morgan fingerprint density at radius 3 is 2.38 bits per heavy atom. The second-order valence-electron chi connectivity index (χ2n) is 7.21. The molecule has 3 nitrogen and oxygen atoms in total. The average Bonchev–Trinajstić information content (AvgIpc) is 2.95. The summed E-state index contributed by atoms with van der Waals surface area (Å²) in [6.45, 7) is 6.47. The Kier molecular flexibility index (Phi) is 5.31. The molecule has 136 valence electrons. The molecule has 0 amide bonds. The number of rotatable bonds is 5. The number of furan rings is 1. The van der Waals surface area contributed by atoms with Crippen molar-refractivity contribution < 1.29 is 14.3 Å². The van der Waals surface area contributed by atoms with E-state index in [9.17, 15) is 9.90 Å². The molecule has 1 aromatic heterocycles. The molecule has 1 N–H and O–H groups in total. The highest BCUT2D eigenvalue weighted by atomic mass is 79.9. The Morgan fingerprint density at radius 1 is 1.15 bits per heavy atom. The fraction of sp³-hybridized carbons (Fsp3) is 0.286. The van der Waals surface area contributed by atoms with Gasteiger partial charge in [0.1, 0.15) is 17.1 Å². The van der Waals surface area contributed by atoms with Crippen LogP contribution in [-0.4, -0.2) is 10.9 Å². The predicted molar refractivity (Wildman–Crippen MR) is 111 cm³/mol. The van der Waals surface area contributed by atoms with Gasteiger partial charge in [0.2, 0.25) is 0 Å². The number of halogens is 2. The third-order valence-electron chi connectivity index (χ3n) is 4.77. The number of aromatic hydroxyl groups is 1. The third-order valence-corrected chi connectivity index (χ3v) is 5.98. The maximum Gasteiger partial charge on any atom is 0.197 e. The minimum Gasteiger partial charge on any atom is -0.506 e. The minimum atomic E-state index is -0.113. The summed E-state index contributed by atoms with van der Waals surface area (Å²) in [5, 5.41) is 10.7. The van der Waals surface area contributed by atoms with Gasteiger partial charge in [0.05, 0.1) is 14.5 Å². The van der Waals surface area contributed by atoms with Crippen molar-refractivity contribution in [2.45, 2.75) is 33.6 Å². The van der Waals surface area contributed by atoms with E-state index in [-0.39, 0.29) is 16.9 Å². The van der Waals surface area contributed by atoms with Gasteiger partial charge in [-0.25, -0.2) is 0 Å². The van der Waals surface area contributed by atoms with Crippen molar-refractivity contribution in [1.29, 1.82) is 0 Å². The highest BCUT2D eigenvalue weighted by Gasteiger charge is 2.27. The summed E-state index contributed by atoms with van der Waals surface area (Å²) in [5.41, 5.74) is 1.84. The van der Waals surface area contributed by atoms with E-state index in [1.807, 2.05) is 24.3 Å². The Bertz CT molecular complexity index is 963. The fourth-order valence-electron chi connectivity index (χ4n) is 2.87. The zero-order chi connectivity index (χ0) is 19.1. The zero-order valence-electron chi connectivity index (χ0n) is 14.9. The van der Waals surface area contributed by atoms with Gasteiger partial charge >= 0.3 is 0 Å². The van der Waals surface area contributed by atoms with Gasteiger partial charge in [0, 0.05) is 17.4 Å². The van der Waals surface area contributed by atoms with E-state index in [2.05, 4.69) is 52.6 Å². The van der Waals surface area contributed by atoms with E-state index in [1.54, 1.807) is 12.1 Å². The molecule has 5 heteroatoms. The standard InChI is InChI=1S/C21H20Br2O3/c1-4-21(2,3)11-17-18(13-7-5-6-8-16(13)26-17)19(24)12-9-14(22)20(25)15(23)10-12/h5-10,25H,4,11H2,1-3H3. The predicted octanol–water partition coefficient (Wildman–Crippen LogP) is 6.87. The lowest BCUT2D eigenvalue weighted by atomic mass is 9.84. The van der Waals surface area contributed by atoms with Crippen LogP contribution in [0.2, 0.25) is 0 Å².